The van der Waals surface area contributed by atoms with Crippen LogP contribution in [-0.4, -0.2) is 31.8 Å². The summed E-state index contributed by atoms with van der Waals surface area (Å²) < 4.78 is 39.6. The van der Waals surface area contributed by atoms with Crippen LogP contribution >= 0.6 is 0 Å². The molecular formula is C13H13F3N2O2. The number of hydrogen-bond donors (Lipinski definition) is 1. The van der Waals surface area contributed by atoms with Gasteiger partial charge in [-0.15, -0.1) is 0 Å². The zero-order chi connectivity index (χ0) is 15.0. The molecule has 0 aliphatic heterocycles. The van der Waals surface area contributed by atoms with E-state index in [1.807, 2.05) is 6.07 Å². The second kappa shape index (κ2) is 7.50. The van der Waals surface area contributed by atoms with Crippen LogP contribution in [0.2, 0.25) is 0 Å². The van der Waals surface area contributed by atoms with Gasteiger partial charge >= 0.3 is 6.18 Å². The number of hydrogen-bond acceptors (Lipinski definition) is 3. The van der Waals surface area contributed by atoms with Gasteiger partial charge in [-0.05, 0) is 17.7 Å². The Hall–Kier alpha value is -2.07. The minimum Gasteiger partial charge on any atom is -0.370 e. The maximum absolute atomic E-state index is 11.8. The van der Waals surface area contributed by atoms with Crippen molar-refractivity contribution in [3.63, 3.8) is 0 Å². The normalized spacial score (nSPS) is 10.9. The van der Waals surface area contributed by atoms with Gasteiger partial charge in [-0.25, -0.2) is 0 Å². The summed E-state index contributed by atoms with van der Waals surface area (Å²) in [4.78, 5) is 11.5. The van der Waals surface area contributed by atoms with E-state index in [1.54, 1.807) is 24.3 Å². The Kier molecular flexibility index (Phi) is 6.00. The largest absolute Gasteiger partial charge is 0.411 e. The molecule has 1 amide bonds. The predicted octanol–water partition coefficient (Wildman–Crippen LogP) is 1.80. The first-order chi connectivity index (χ1) is 9.40. The molecule has 0 heterocycles. The lowest BCUT2D eigenvalue weighted by Gasteiger charge is -2.08. The van der Waals surface area contributed by atoms with Gasteiger partial charge in [-0.1, -0.05) is 12.1 Å². The van der Waals surface area contributed by atoms with Gasteiger partial charge in [0.05, 0.1) is 24.7 Å². The van der Waals surface area contributed by atoms with Crippen molar-refractivity contribution in [2.45, 2.75) is 12.6 Å². The fourth-order valence-corrected chi connectivity index (χ4v) is 1.40. The molecule has 0 aliphatic rings. The molecule has 0 unspecified atom stereocenters. The Morgan fingerprint density at radius 1 is 1.30 bits per heavy atom. The van der Waals surface area contributed by atoms with Crippen molar-refractivity contribution in [2.24, 2.45) is 0 Å². The minimum atomic E-state index is -4.35. The van der Waals surface area contributed by atoms with Gasteiger partial charge in [0.1, 0.15) is 6.61 Å². The summed E-state index contributed by atoms with van der Waals surface area (Å²) in [6, 6.07) is 8.45. The summed E-state index contributed by atoms with van der Waals surface area (Å²) >= 11 is 0. The number of nitrogens with zero attached hydrogens (tertiary/aromatic N) is 1. The molecule has 0 aromatic heterocycles. The average Bonchev–Trinajstić information content (AvgIpc) is 2.38. The van der Waals surface area contributed by atoms with E-state index in [1.165, 1.54) is 0 Å². The molecule has 0 bridgehead atoms. The van der Waals surface area contributed by atoms with Crippen molar-refractivity contribution in [1.82, 2.24) is 5.32 Å². The number of carbonyl (C=O) groups excluding carboxylic acids is 1. The van der Waals surface area contributed by atoms with Crippen molar-refractivity contribution in [3.8, 4) is 6.07 Å². The smallest absolute Gasteiger partial charge is 0.370 e. The van der Waals surface area contributed by atoms with E-state index in [0.717, 1.165) is 5.56 Å². The Morgan fingerprint density at radius 3 is 2.50 bits per heavy atom. The first kappa shape index (κ1) is 16.0. The molecule has 4 nitrogen and oxygen atoms in total. The highest BCUT2D eigenvalue weighted by Gasteiger charge is 2.27. The quantitative estimate of drug-likeness (QED) is 0.811. The Morgan fingerprint density at radius 2 is 1.95 bits per heavy atom. The minimum absolute atomic E-state index is 0.0190. The van der Waals surface area contributed by atoms with Gasteiger partial charge in [0, 0.05) is 6.54 Å². The first-order valence-electron chi connectivity index (χ1n) is 5.81. The highest BCUT2D eigenvalue weighted by Crippen LogP contribution is 2.13. The second-order valence-corrected chi connectivity index (χ2v) is 4.00. The Labute approximate surface area is 114 Å². The molecule has 0 saturated carbocycles. The number of nitriles is 1. The lowest BCUT2D eigenvalue weighted by molar-refractivity contribution is -0.173. The summed E-state index contributed by atoms with van der Waals surface area (Å²) in [5, 5.41) is 11.1. The number of ether oxygens (including phenoxy) is 1. The monoisotopic (exact) mass is 286 g/mol. The molecule has 20 heavy (non-hydrogen) atoms. The van der Waals surface area contributed by atoms with Crippen molar-refractivity contribution in [1.29, 1.82) is 5.26 Å². The van der Waals surface area contributed by atoms with Crippen molar-refractivity contribution < 1.29 is 22.7 Å². The van der Waals surface area contributed by atoms with Crippen LogP contribution in [0, 0.1) is 11.3 Å². The number of carbonyl (C=O) groups is 1. The number of halogens is 3. The maximum atomic E-state index is 11.8. The molecule has 0 aliphatic carbocycles. The van der Waals surface area contributed by atoms with E-state index >= 15 is 0 Å². The number of rotatable bonds is 6. The molecule has 0 atom stereocenters. The second-order valence-electron chi connectivity index (χ2n) is 4.00. The third-order valence-corrected chi connectivity index (χ3v) is 2.28. The molecule has 0 radical (unpaired) electrons. The van der Waals surface area contributed by atoms with E-state index in [0.29, 0.717) is 5.56 Å². The lowest BCUT2D eigenvalue weighted by Crippen LogP contribution is -2.30. The predicted molar refractivity (Wildman–Crippen MR) is 64.7 cm³/mol. The van der Waals surface area contributed by atoms with Crippen molar-refractivity contribution in [2.75, 3.05) is 19.8 Å². The molecule has 0 saturated heterocycles. The van der Waals surface area contributed by atoms with Crippen LogP contribution in [-0.2, 0) is 16.0 Å². The SMILES string of the molecule is N#Cc1ccc(CC(=O)NCCOCC(F)(F)F)cc1. The van der Waals surface area contributed by atoms with E-state index < -0.39 is 12.8 Å². The van der Waals surface area contributed by atoms with Crippen molar-refractivity contribution in [3.05, 3.63) is 35.4 Å². The van der Waals surface area contributed by atoms with Crippen LogP contribution in [0.1, 0.15) is 11.1 Å². The fraction of sp³-hybridized carbons (Fsp3) is 0.385. The molecule has 1 rings (SSSR count). The maximum Gasteiger partial charge on any atom is 0.411 e. The molecule has 108 valence electrons. The summed E-state index contributed by atoms with van der Waals surface area (Å²) in [6.45, 7) is -1.50. The molecule has 0 spiro atoms. The molecule has 0 fully saturated rings. The Bertz CT molecular complexity index is 478. The molecule has 1 N–H and O–H groups in total. The number of amides is 1. The summed E-state index contributed by atoms with van der Waals surface area (Å²) in [6.07, 6.45) is -4.25. The standard InChI is InChI=1S/C13H13F3N2O2/c14-13(15,16)9-20-6-5-18-12(19)7-10-1-3-11(8-17)4-2-10/h1-4H,5-7,9H2,(H,18,19). The van der Waals surface area contributed by atoms with Gasteiger partial charge in [0.2, 0.25) is 5.91 Å². The van der Waals surface area contributed by atoms with Crippen LogP contribution in [0.4, 0.5) is 13.2 Å². The van der Waals surface area contributed by atoms with E-state index in [-0.39, 0.29) is 25.5 Å². The van der Waals surface area contributed by atoms with Gasteiger partial charge in [-0.3, -0.25) is 4.79 Å². The fourth-order valence-electron chi connectivity index (χ4n) is 1.40. The number of benzene rings is 1. The van der Waals surface area contributed by atoms with Crippen LogP contribution in [0.3, 0.4) is 0 Å². The van der Waals surface area contributed by atoms with Crippen LogP contribution in [0.15, 0.2) is 24.3 Å². The number of alkyl halides is 3. The molecule has 1 aromatic carbocycles. The van der Waals surface area contributed by atoms with E-state index in [4.69, 9.17) is 5.26 Å². The Balaban J connectivity index is 2.22. The lowest BCUT2D eigenvalue weighted by atomic mass is 10.1. The molecule has 1 aromatic rings. The average molecular weight is 286 g/mol. The zero-order valence-corrected chi connectivity index (χ0v) is 10.5. The van der Waals surface area contributed by atoms with Gasteiger partial charge in [0.15, 0.2) is 0 Å². The summed E-state index contributed by atoms with van der Waals surface area (Å²) in [7, 11) is 0. The van der Waals surface area contributed by atoms with E-state index in [2.05, 4.69) is 10.1 Å². The molecule has 7 heteroatoms. The van der Waals surface area contributed by atoms with E-state index in [9.17, 15) is 18.0 Å². The van der Waals surface area contributed by atoms with Gasteiger partial charge in [-0.2, -0.15) is 18.4 Å². The molecular weight excluding hydrogens is 273 g/mol. The van der Waals surface area contributed by atoms with Gasteiger partial charge < -0.3 is 10.1 Å². The van der Waals surface area contributed by atoms with Crippen LogP contribution in [0.25, 0.3) is 0 Å². The highest BCUT2D eigenvalue weighted by molar-refractivity contribution is 5.78. The number of nitrogens with one attached hydrogen (secondary N) is 1. The highest BCUT2D eigenvalue weighted by atomic mass is 19.4. The third kappa shape index (κ3) is 6.75. The van der Waals surface area contributed by atoms with Crippen LogP contribution in [0.5, 0.6) is 0 Å². The van der Waals surface area contributed by atoms with Gasteiger partial charge in [0.25, 0.3) is 0 Å². The summed E-state index contributed by atoms with van der Waals surface area (Å²) in [5.41, 5.74) is 1.22. The van der Waals surface area contributed by atoms with Crippen molar-refractivity contribution >= 4 is 5.91 Å². The topological polar surface area (TPSA) is 62.1 Å². The summed E-state index contributed by atoms with van der Waals surface area (Å²) in [5.74, 6) is -0.315. The zero-order valence-electron chi connectivity index (χ0n) is 10.5. The third-order valence-electron chi connectivity index (χ3n) is 2.28. The first-order valence-corrected chi connectivity index (χ1v) is 5.81. The van der Waals surface area contributed by atoms with Crippen LogP contribution < -0.4 is 5.32 Å².